The van der Waals surface area contributed by atoms with Gasteiger partial charge in [-0.2, -0.15) is 0 Å². The molecule has 7 nitrogen and oxygen atoms in total. The van der Waals surface area contributed by atoms with Crippen LogP contribution in [0.5, 0.6) is 0 Å². The third-order valence-corrected chi connectivity index (χ3v) is 7.02. The Labute approximate surface area is 220 Å². The van der Waals surface area contributed by atoms with Gasteiger partial charge in [0.1, 0.15) is 18.4 Å². The molecule has 35 heavy (non-hydrogen) atoms. The Hall–Kier alpha value is -2.07. The lowest BCUT2D eigenvalue weighted by Gasteiger charge is -2.33. The van der Waals surface area contributed by atoms with Gasteiger partial charge in [0.05, 0.1) is 27.0 Å². The van der Waals surface area contributed by atoms with Crippen LogP contribution < -0.4 is 9.62 Å². The van der Waals surface area contributed by atoms with E-state index in [9.17, 15) is 22.4 Å². The molecule has 0 aliphatic rings. The van der Waals surface area contributed by atoms with Crippen molar-refractivity contribution in [2.24, 2.45) is 0 Å². The summed E-state index contributed by atoms with van der Waals surface area (Å²) in [4.78, 5) is 27.6. The standard InChI is InChI=1S/C23H27Cl3FN3O4S/c1-14(22(32)28-23(2,3)4)29(12-15-6-8-16(27)9-7-15)21(31)13-30(35(5,33)34)20-11-18(25)17(24)10-19(20)26/h6-11,14H,12-13H2,1-5H3,(H,28,32). The first kappa shape index (κ1) is 29.2. The highest BCUT2D eigenvalue weighted by Crippen LogP contribution is 2.35. The Bertz CT molecular complexity index is 1200. The van der Waals surface area contributed by atoms with Crippen molar-refractivity contribution in [3.8, 4) is 0 Å². The Balaban J connectivity index is 2.47. The number of halogens is 4. The molecule has 1 unspecified atom stereocenters. The van der Waals surface area contributed by atoms with E-state index in [0.29, 0.717) is 5.56 Å². The molecule has 192 valence electrons. The first-order chi connectivity index (χ1) is 16.0. The molecular weight excluding hydrogens is 540 g/mol. The second kappa shape index (κ2) is 11.3. The molecule has 2 rings (SSSR count). The summed E-state index contributed by atoms with van der Waals surface area (Å²) in [6.45, 7) is 6.18. The summed E-state index contributed by atoms with van der Waals surface area (Å²) >= 11 is 18.2. The van der Waals surface area contributed by atoms with E-state index in [2.05, 4.69) is 5.32 Å². The van der Waals surface area contributed by atoms with Crippen molar-refractivity contribution in [3.63, 3.8) is 0 Å². The molecule has 0 aliphatic heterocycles. The molecule has 0 spiro atoms. The molecule has 0 saturated heterocycles. The van der Waals surface area contributed by atoms with Crippen LogP contribution in [0, 0.1) is 5.82 Å². The minimum Gasteiger partial charge on any atom is -0.350 e. The van der Waals surface area contributed by atoms with Crippen LogP contribution in [0.3, 0.4) is 0 Å². The number of amides is 2. The third-order valence-electron chi connectivity index (χ3n) is 4.87. The largest absolute Gasteiger partial charge is 0.350 e. The SMILES string of the molecule is CC(C(=O)NC(C)(C)C)N(Cc1ccc(F)cc1)C(=O)CN(c1cc(Cl)c(Cl)cc1Cl)S(C)(=O)=O. The van der Waals surface area contributed by atoms with E-state index < -0.39 is 45.8 Å². The molecule has 1 N–H and O–H groups in total. The molecule has 0 fully saturated rings. The van der Waals surface area contributed by atoms with Crippen LogP contribution in [-0.4, -0.2) is 49.5 Å². The number of sulfonamides is 1. The molecule has 0 aromatic heterocycles. The highest BCUT2D eigenvalue weighted by molar-refractivity contribution is 7.92. The first-order valence-corrected chi connectivity index (χ1v) is 13.5. The second-order valence-corrected chi connectivity index (χ2v) is 12.2. The van der Waals surface area contributed by atoms with Crippen LogP contribution in [0.4, 0.5) is 10.1 Å². The van der Waals surface area contributed by atoms with E-state index in [1.54, 1.807) is 20.8 Å². The van der Waals surface area contributed by atoms with Crippen molar-refractivity contribution in [2.45, 2.75) is 45.8 Å². The van der Waals surface area contributed by atoms with Gasteiger partial charge in [0, 0.05) is 12.1 Å². The van der Waals surface area contributed by atoms with Gasteiger partial charge in [0.25, 0.3) is 0 Å². The summed E-state index contributed by atoms with van der Waals surface area (Å²) in [5.74, 6) is -1.58. The van der Waals surface area contributed by atoms with E-state index in [0.717, 1.165) is 10.6 Å². The smallest absolute Gasteiger partial charge is 0.244 e. The number of nitrogens with zero attached hydrogens (tertiary/aromatic N) is 2. The second-order valence-electron chi connectivity index (χ2n) is 9.05. The zero-order valence-electron chi connectivity index (χ0n) is 19.9. The summed E-state index contributed by atoms with van der Waals surface area (Å²) in [6.07, 6.45) is 0.916. The molecular formula is C23H27Cl3FN3O4S. The average Bonchev–Trinajstić information content (AvgIpc) is 2.71. The molecule has 0 heterocycles. The van der Waals surface area contributed by atoms with Crippen molar-refractivity contribution in [1.29, 1.82) is 0 Å². The van der Waals surface area contributed by atoms with Crippen LogP contribution >= 0.6 is 34.8 Å². The molecule has 0 saturated carbocycles. The lowest BCUT2D eigenvalue weighted by molar-refractivity contribution is -0.140. The number of benzene rings is 2. The number of carbonyl (C=O) groups is 2. The summed E-state index contributed by atoms with van der Waals surface area (Å²) in [6, 6.07) is 6.98. The van der Waals surface area contributed by atoms with Crippen LogP contribution in [0.1, 0.15) is 33.3 Å². The van der Waals surface area contributed by atoms with Gasteiger partial charge < -0.3 is 10.2 Å². The van der Waals surface area contributed by atoms with Crippen LogP contribution in [-0.2, 0) is 26.2 Å². The van der Waals surface area contributed by atoms with E-state index in [4.69, 9.17) is 34.8 Å². The van der Waals surface area contributed by atoms with Crippen molar-refractivity contribution in [1.82, 2.24) is 10.2 Å². The molecule has 2 aromatic rings. The van der Waals surface area contributed by atoms with Crippen molar-refractivity contribution >= 4 is 62.3 Å². The highest BCUT2D eigenvalue weighted by Gasteiger charge is 2.32. The fourth-order valence-electron chi connectivity index (χ4n) is 3.14. The molecule has 0 aliphatic carbocycles. The molecule has 1 atom stereocenters. The minimum atomic E-state index is -4.00. The Morgan fingerprint density at radius 2 is 1.57 bits per heavy atom. The zero-order chi connectivity index (χ0) is 26.7. The van der Waals surface area contributed by atoms with E-state index in [-0.39, 0.29) is 27.3 Å². The first-order valence-electron chi connectivity index (χ1n) is 10.5. The summed E-state index contributed by atoms with van der Waals surface area (Å²) in [5, 5.41) is 2.95. The molecule has 2 aromatic carbocycles. The van der Waals surface area contributed by atoms with E-state index >= 15 is 0 Å². The van der Waals surface area contributed by atoms with Gasteiger partial charge in [0.2, 0.25) is 21.8 Å². The van der Waals surface area contributed by atoms with Crippen molar-refractivity contribution < 1.29 is 22.4 Å². The van der Waals surface area contributed by atoms with Gasteiger partial charge in [-0.1, -0.05) is 46.9 Å². The fraction of sp³-hybridized carbons (Fsp3) is 0.391. The monoisotopic (exact) mass is 565 g/mol. The molecule has 12 heteroatoms. The molecule has 0 radical (unpaired) electrons. The number of anilines is 1. The van der Waals surface area contributed by atoms with Gasteiger partial charge in [-0.25, -0.2) is 12.8 Å². The quantitative estimate of drug-likeness (QED) is 0.461. The normalized spacial score (nSPS) is 12.7. The maximum Gasteiger partial charge on any atom is 0.244 e. The lowest BCUT2D eigenvalue weighted by Crippen LogP contribution is -2.54. The fourth-order valence-corrected chi connectivity index (χ4v) is 4.69. The predicted molar refractivity (Wildman–Crippen MR) is 138 cm³/mol. The number of hydrogen-bond donors (Lipinski definition) is 1. The van der Waals surface area contributed by atoms with Crippen LogP contribution in [0.25, 0.3) is 0 Å². The topological polar surface area (TPSA) is 86.8 Å². The number of carbonyl (C=O) groups excluding carboxylic acids is 2. The summed E-state index contributed by atoms with van der Waals surface area (Å²) < 4.78 is 39.4. The average molecular weight is 567 g/mol. The number of hydrogen-bond acceptors (Lipinski definition) is 4. The van der Waals surface area contributed by atoms with Crippen LogP contribution in [0.2, 0.25) is 15.1 Å². The molecule has 2 amide bonds. The summed E-state index contributed by atoms with van der Waals surface area (Å²) in [7, 11) is -4.00. The number of nitrogens with one attached hydrogen (secondary N) is 1. The van der Waals surface area contributed by atoms with Crippen LogP contribution in [0.15, 0.2) is 36.4 Å². The zero-order valence-corrected chi connectivity index (χ0v) is 23.0. The van der Waals surface area contributed by atoms with Crippen molar-refractivity contribution in [3.05, 3.63) is 62.8 Å². The summed E-state index contributed by atoms with van der Waals surface area (Å²) in [5.41, 5.74) is -0.0541. The lowest BCUT2D eigenvalue weighted by atomic mass is 10.1. The van der Waals surface area contributed by atoms with Gasteiger partial charge in [0.15, 0.2) is 0 Å². The highest BCUT2D eigenvalue weighted by atomic mass is 35.5. The third kappa shape index (κ3) is 8.24. The van der Waals surface area contributed by atoms with Gasteiger partial charge >= 0.3 is 0 Å². The maximum atomic E-state index is 13.5. The number of rotatable bonds is 8. The van der Waals surface area contributed by atoms with E-state index in [1.165, 1.54) is 48.2 Å². The Kier molecular flexibility index (Phi) is 9.44. The maximum absolute atomic E-state index is 13.5. The minimum absolute atomic E-state index is 0.0266. The van der Waals surface area contributed by atoms with E-state index in [1.807, 2.05) is 0 Å². The van der Waals surface area contributed by atoms with Gasteiger partial charge in [-0.05, 0) is 57.5 Å². The predicted octanol–water partition coefficient (Wildman–Crippen LogP) is 4.88. The van der Waals surface area contributed by atoms with Gasteiger partial charge in [-0.15, -0.1) is 0 Å². The molecule has 0 bridgehead atoms. The van der Waals surface area contributed by atoms with Gasteiger partial charge in [-0.3, -0.25) is 13.9 Å². The Morgan fingerprint density at radius 1 is 1.03 bits per heavy atom. The van der Waals surface area contributed by atoms with Crippen molar-refractivity contribution in [2.75, 3.05) is 17.1 Å². The Morgan fingerprint density at radius 3 is 2.09 bits per heavy atom.